The van der Waals surface area contributed by atoms with Gasteiger partial charge in [0, 0.05) is 32.3 Å². The van der Waals surface area contributed by atoms with Crippen molar-refractivity contribution in [2.24, 2.45) is 0 Å². The van der Waals surface area contributed by atoms with Crippen LogP contribution in [-0.2, 0) is 11.3 Å². The minimum absolute atomic E-state index is 0.112. The van der Waals surface area contributed by atoms with Crippen LogP contribution in [0.25, 0.3) is 0 Å². The van der Waals surface area contributed by atoms with E-state index >= 15 is 0 Å². The predicted molar refractivity (Wildman–Crippen MR) is 116 cm³/mol. The molecule has 2 amide bonds. The maximum atomic E-state index is 12.9. The molecule has 1 aliphatic heterocycles. The smallest absolute Gasteiger partial charge is 0.274 e. The second-order valence-corrected chi connectivity index (χ2v) is 7.61. The van der Waals surface area contributed by atoms with Gasteiger partial charge in [0.25, 0.3) is 5.91 Å². The second-order valence-electron chi connectivity index (χ2n) is 7.61. The molecule has 0 aliphatic carbocycles. The van der Waals surface area contributed by atoms with Crippen molar-refractivity contribution in [3.63, 3.8) is 0 Å². The van der Waals surface area contributed by atoms with E-state index in [-0.39, 0.29) is 25.0 Å². The third-order valence-electron chi connectivity index (χ3n) is 5.10. The largest absolute Gasteiger partial charge is 0.454 e. The summed E-state index contributed by atoms with van der Waals surface area (Å²) in [5, 5.41) is 2.91. The van der Waals surface area contributed by atoms with Gasteiger partial charge in [-0.3, -0.25) is 14.6 Å². The van der Waals surface area contributed by atoms with E-state index in [1.165, 1.54) is 6.20 Å². The van der Waals surface area contributed by atoms with Crippen molar-refractivity contribution < 1.29 is 19.1 Å². The van der Waals surface area contributed by atoms with Crippen LogP contribution >= 0.6 is 0 Å². The molecule has 1 aromatic carbocycles. The lowest BCUT2D eigenvalue weighted by atomic mass is 10.2. The Balaban J connectivity index is 1.52. The third kappa shape index (κ3) is 6.67. The Morgan fingerprint density at radius 1 is 1.06 bits per heavy atom. The lowest BCUT2D eigenvalue weighted by Gasteiger charge is -2.22. The van der Waals surface area contributed by atoms with Crippen LogP contribution < -0.4 is 14.8 Å². The Morgan fingerprint density at radius 3 is 2.68 bits per heavy atom. The first-order valence-corrected chi connectivity index (χ1v) is 10.8. The minimum Gasteiger partial charge on any atom is -0.454 e. The molecule has 2 heterocycles. The van der Waals surface area contributed by atoms with Gasteiger partial charge in [-0.15, -0.1) is 0 Å². The number of hydrogen-bond acceptors (Lipinski definition) is 6. The van der Waals surface area contributed by atoms with Crippen molar-refractivity contribution in [3.05, 3.63) is 47.5 Å². The molecular formula is C23H30N4O4. The molecule has 8 heteroatoms. The molecule has 166 valence electrons. The van der Waals surface area contributed by atoms with Crippen LogP contribution in [0, 0.1) is 6.92 Å². The SMILES string of the molecule is CCCCCCN(CCC(=O)NCc1ccc2c(c1)OCO2)C(=O)c1cnc(C)cn1. The molecule has 0 atom stereocenters. The molecule has 1 aromatic heterocycles. The lowest BCUT2D eigenvalue weighted by molar-refractivity contribution is -0.121. The van der Waals surface area contributed by atoms with Crippen molar-refractivity contribution in [3.8, 4) is 11.5 Å². The van der Waals surface area contributed by atoms with E-state index in [0.717, 1.165) is 36.9 Å². The molecule has 3 rings (SSSR count). The summed E-state index contributed by atoms with van der Waals surface area (Å²) < 4.78 is 10.7. The number of amides is 2. The number of aryl methyl sites for hydroxylation is 1. The summed E-state index contributed by atoms with van der Waals surface area (Å²) in [4.78, 5) is 35.4. The monoisotopic (exact) mass is 426 g/mol. The average Bonchev–Trinajstić information content (AvgIpc) is 3.25. The maximum Gasteiger partial charge on any atom is 0.274 e. The molecule has 1 aliphatic rings. The van der Waals surface area contributed by atoms with E-state index in [9.17, 15) is 9.59 Å². The molecule has 0 saturated heterocycles. The fourth-order valence-corrected chi connectivity index (χ4v) is 3.29. The number of carbonyl (C=O) groups is 2. The Morgan fingerprint density at radius 2 is 1.90 bits per heavy atom. The van der Waals surface area contributed by atoms with Gasteiger partial charge in [-0.25, -0.2) is 4.98 Å². The lowest BCUT2D eigenvalue weighted by Crippen LogP contribution is -2.36. The summed E-state index contributed by atoms with van der Waals surface area (Å²) in [6.45, 7) is 5.53. The van der Waals surface area contributed by atoms with Gasteiger partial charge in [-0.05, 0) is 31.0 Å². The number of unbranched alkanes of at least 4 members (excludes halogenated alkanes) is 3. The summed E-state index contributed by atoms with van der Waals surface area (Å²) in [6.07, 6.45) is 7.51. The quantitative estimate of drug-likeness (QED) is 0.555. The second kappa shape index (κ2) is 11.3. The summed E-state index contributed by atoms with van der Waals surface area (Å²) in [6, 6.07) is 5.60. The summed E-state index contributed by atoms with van der Waals surface area (Å²) >= 11 is 0. The predicted octanol–water partition coefficient (Wildman–Crippen LogP) is 3.24. The molecular weight excluding hydrogens is 396 g/mol. The highest BCUT2D eigenvalue weighted by Crippen LogP contribution is 2.32. The van der Waals surface area contributed by atoms with Crippen LogP contribution in [0.5, 0.6) is 11.5 Å². The fraction of sp³-hybridized carbons (Fsp3) is 0.478. The van der Waals surface area contributed by atoms with Crippen LogP contribution in [0.4, 0.5) is 0 Å². The van der Waals surface area contributed by atoms with Crippen molar-refractivity contribution in [1.29, 1.82) is 0 Å². The van der Waals surface area contributed by atoms with Crippen LogP contribution in [0.2, 0.25) is 0 Å². The molecule has 0 unspecified atom stereocenters. The molecule has 0 fully saturated rings. The number of benzene rings is 1. The highest BCUT2D eigenvalue weighted by molar-refractivity contribution is 5.92. The van der Waals surface area contributed by atoms with Crippen molar-refractivity contribution in [2.45, 2.75) is 52.5 Å². The molecule has 1 N–H and O–H groups in total. The number of hydrogen-bond donors (Lipinski definition) is 1. The highest BCUT2D eigenvalue weighted by atomic mass is 16.7. The zero-order valence-corrected chi connectivity index (χ0v) is 18.2. The Bertz CT molecular complexity index is 886. The van der Waals surface area contributed by atoms with E-state index in [1.54, 1.807) is 11.1 Å². The normalized spacial score (nSPS) is 11.9. The third-order valence-corrected chi connectivity index (χ3v) is 5.10. The van der Waals surface area contributed by atoms with Gasteiger partial charge in [0.05, 0.1) is 11.9 Å². The van der Waals surface area contributed by atoms with E-state index in [1.807, 2.05) is 25.1 Å². The van der Waals surface area contributed by atoms with Crippen molar-refractivity contribution in [1.82, 2.24) is 20.2 Å². The van der Waals surface area contributed by atoms with E-state index in [2.05, 4.69) is 22.2 Å². The molecule has 31 heavy (non-hydrogen) atoms. The van der Waals surface area contributed by atoms with E-state index in [4.69, 9.17) is 9.47 Å². The van der Waals surface area contributed by atoms with Gasteiger partial charge in [-0.2, -0.15) is 0 Å². The fourth-order valence-electron chi connectivity index (χ4n) is 3.29. The van der Waals surface area contributed by atoms with Gasteiger partial charge in [0.2, 0.25) is 12.7 Å². The maximum absolute atomic E-state index is 12.9. The summed E-state index contributed by atoms with van der Waals surface area (Å²) in [5.41, 5.74) is 2.00. The van der Waals surface area contributed by atoms with Crippen molar-refractivity contribution in [2.75, 3.05) is 19.9 Å². The molecule has 2 aromatic rings. The first-order chi connectivity index (χ1) is 15.1. The van der Waals surface area contributed by atoms with Crippen LogP contribution in [0.1, 0.15) is 60.8 Å². The Hall–Kier alpha value is -3.16. The number of nitrogens with zero attached hydrogens (tertiary/aromatic N) is 3. The van der Waals surface area contributed by atoms with Gasteiger partial charge in [0.15, 0.2) is 11.5 Å². The zero-order chi connectivity index (χ0) is 22.1. The number of fused-ring (bicyclic) bond motifs is 1. The Kier molecular flexibility index (Phi) is 8.20. The highest BCUT2D eigenvalue weighted by Gasteiger charge is 2.18. The standard InChI is InChI=1S/C23H30N4O4/c1-3-4-5-6-10-27(23(29)19-15-24-17(2)13-25-19)11-9-22(28)26-14-18-7-8-20-21(12-18)31-16-30-20/h7-8,12-13,15H,3-6,9-11,14,16H2,1-2H3,(H,26,28). The number of ether oxygens (including phenoxy) is 2. The number of aromatic nitrogens is 2. The van der Waals surface area contributed by atoms with E-state index in [0.29, 0.717) is 36.8 Å². The number of carbonyl (C=O) groups excluding carboxylic acids is 2. The number of rotatable bonds is 11. The number of nitrogens with one attached hydrogen (secondary N) is 1. The topological polar surface area (TPSA) is 93.7 Å². The van der Waals surface area contributed by atoms with Gasteiger partial charge in [0.1, 0.15) is 5.69 Å². The van der Waals surface area contributed by atoms with Crippen LogP contribution in [-0.4, -0.2) is 46.6 Å². The van der Waals surface area contributed by atoms with Gasteiger partial charge in [-0.1, -0.05) is 32.3 Å². The van der Waals surface area contributed by atoms with Crippen LogP contribution in [0.15, 0.2) is 30.6 Å². The van der Waals surface area contributed by atoms with E-state index < -0.39 is 0 Å². The van der Waals surface area contributed by atoms with Crippen molar-refractivity contribution >= 4 is 11.8 Å². The molecule has 0 radical (unpaired) electrons. The molecule has 0 spiro atoms. The van der Waals surface area contributed by atoms with Crippen LogP contribution in [0.3, 0.4) is 0 Å². The zero-order valence-electron chi connectivity index (χ0n) is 18.2. The van der Waals surface area contributed by atoms with Gasteiger partial charge >= 0.3 is 0 Å². The first kappa shape index (κ1) is 22.5. The molecule has 8 nitrogen and oxygen atoms in total. The molecule has 0 bridgehead atoms. The molecule has 0 saturated carbocycles. The van der Waals surface area contributed by atoms with Gasteiger partial charge < -0.3 is 19.7 Å². The Labute approximate surface area is 183 Å². The summed E-state index contributed by atoms with van der Waals surface area (Å²) in [5.74, 6) is 1.10. The first-order valence-electron chi connectivity index (χ1n) is 10.8. The minimum atomic E-state index is -0.187. The average molecular weight is 427 g/mol. The summed E-state index contributed by atoms with van der Waals surface area (Å²) in [7, 11) is 0.